The topological polar surface area (TPSA) is 124 Å². The Balaban J connectivity index is 1.20. The molecule has 0 spiro atoms. The molecule has 0 aliphatic carbocycles. The summed E-state index contributed by atoms with van der Waals surface area (Å²) in [7, 11) is 0. The average Bonchev–Trinajstić information content (AvgIpc) is 3.16. The van der Waals surface area contributed by atoms with Gasteiger partial charge in [-0.15, -0.1) is 0 Å². The Hall–Kier alpha value is -5.64. The third-order valence-electron chi connectivity index (χ3n) is 8.06. The summed E-state index contributed by atoms with van der Waals surface area (Å²) in [5.41, 5.74) is 1.18. The normalized spacial score (nSPS) is 11.8. The van der Waals surface area contributed by atoms with Gasteiger partial charge in [-0.1, -0.05) is 39.5 Å². The summed E-state index contributed by atoms with van der Waals surface area (Å²) < 4.78 is 33.3. The summed E-state index contributed by atoms with van der Waals surface area (Å²) >= 11 is 0. The largest absolute Gasteiger partial charge is 0.494 e. The summed E-state index contributed by atoms with van der Waals surface area (Å²) in [6.45, 7) is 8.73. The Bertz CT molecular complexity index is 1600. The highest BCUT2D eigenvalue weighted by Gasteiger charge is 2.23. The molecule has 52 heavy (non-hydrogen) atoms. The van der Waals surface area contributed by atoms with Crippen LogP contribution in [0, 0.1) is 0 Å². The molecule has 4 aromatic carbocycles. The molecule has 4 aromatic rings. The maximum Gasteiger partial charge on any atom is 0.343 e. The van der Waals surface area contributed by atoms with Gasteiger partial charge in [0.15, 0.2) is 0 Å². The van der Waals surface area contributed by atoms with Crippen molar-refractivity contribution in [1.82, 2.24) is 0 Å². The van der Waals surface area contributed by atoms with Crippen LogP contribution in [0.3, 0.4) is 0 Å². The van der Waals surface area contributed by atoms with E-state index in [0.29, 0.717) is 35.8 Å². The van der Waals surface area contributed by atoms with Crippen LogP contribution in [-0.4, -0.2) is 49.3 Å². The van der Waals surface area contributed by atoms with Gasteiger partial charge in [-0.25, -0.2) is 19.2 Å². The van der Waals surface area contributed by atoms with E-state index in [9.17, 15) is 19.2 Å². The van der Waals surface area contributed by atoms with Gasteiger partial charge in [0.1, 0.15) is 35.2 Å². The summed E-state index contributed by atoms with van der Waals surface area (Å²) in [4.78, 5) is 50.8. The van der Waals surface area contributed by atoms with Crippen LogP contribution in [-0.2, 0) is 9.47 Å². The number of unbranched alkanes of at least 4 members (excludes halogenated alkanes) is 4. The van der Waals surface area contributed by atoms with E-state index in [0.717, 1.165) is 38.5 Å². The van der Waals surface area contributed by atoms with Crippen LogP contribution in [0.25, 0.3) is 0 Å². The minimum absolute atomic E-state index is 0.228. The zero-order valence-electron chi connectivity index (χ0n) is 30.1. The molecule has 0 aliphatic heterocycles. The van der Waals surface area contributed by atoms with Gasteiger partial charge in [-0.3, -0.25) is 0 Å². The fraction of sp³-hybridized carbons (Fsp3) is 0.333. The van der Waals surface area contributed by atoms with Crippen molar-refractivity contribution in [3.05, 3.63) is 119 Å². The van der Waals surface area contributed by atoms with Crippen molar-refractivity contribution in [1.29, 1.82) is 0 Å². The van der Waals surface area contributed by atoms with Gasteiger partial charge in [0.2, 0.25) is 0 Å². The highest BCUT2D eigenvalue weighted by Crippen LogP contribution is 2.21. The Labute approximate surface area is 304 Å². The van der Waals surface area contributed by atoms with Gasteiger partial charge in [-0.05, 0) is 124 Å². The van der Waals surface area contributed by atoms with Crippen LogP contribution in [0.15, 0.2) is 97.1 Å². The van der Waals surface area contributed by atoms with Crippen LogP contribution in [0.1, 0.15) is 108 Å². The molecule has 2 atom stereocenters. The molecule has 274 valence electrons. The Morgan fingerprint density at radius 3 is 1.02 bits per heavy atom. The molecule has 0 radical (unpaired) electrons. The summed E-state index contributed by atoms with van der Waals surface area (Å²) in [5, 5.41) is 0. The predicted octanol–water partition coefficient (Wildman–Crippen LogP) is 9.05. The Morgan fingerprint density at radius 2 is 0.712 bits per heavy atom. The first-order valence-electron chi connectivity index (χ1n) is 17.7. The van der Waals surface area contributed by atoms with Crippen molar-refractivity contribution < 1.29 is 47.6 Å². The molecule has 2 unspecified atom stereocenters. The van der Waals surface area contributed by atoms with E-state index in [4.69, 9.17) is 28.4 Å². The lowest BCUT2D eigenvalue weighted by atomic mass is 10.2. The number of esters is 4. The van der Waals surface area contributed by atoms with E-state index in [2.05, 4.69) is 13.8 Å². The third kappa shape index (κ3) is 12.3. The van der Waals surface area contributed by atoms with Crippen molar-refractivity contribution >= 4 is 23.9 Å². The van der Waals surface area contributed by atoms with E-state index in [1.54, 1.807) is 62.4 Å². The second kappa shape index (κ2) is 20.3. The summed E-state index contributed by atoms with van der Waals surface area (Å²) in [6, 6.07) is 25.4. The predicted molar refractivity (Wildman–Crippen MR) is 195 cm³/mol. The van der Waals surface area contributed by atoms with Crippen LogP contribution < -0.4 is 18.9 Å². The number of benzene rings is 4. The van der Waals surface area contributed by atoms with Gasteiger partial charge in [0, 0.05) is 0 Å². The van der Waals surface area contributed by atoms with Gasteiger partial charge in [0.05, 0.1) is 35.5 Å². The quantitative estimate of drug-likeness (QED) is 0.0529. The van der Waals surface area contributed by atoms with Gasteiger partial charge < -0.3 is 28.4 Å². The number of ether oxygens (including phenoxy) is 6. The van der Waals surface area contributed by atoms with Crippen LogP contribution in [0.2, 0.25) is 0 Å². The molecular weight excluding hydrogens is 664 g/mol. The lowest BCUT2D eigenvalue weighted by molar-refractivity contribution is -0.0239. The number of carbonyl (C=O) groups is 4. The fourth-order valence-electron chi connectivity index (χ4n) is 4.77. The number of hydrogen-bond donors (Lipinski definition) is 0. The minimum Gasteiger partial charge on any atom is -0.494 e. The van der Waals surface area contributed by atoms with E-state index < -0.39 is 36.1 Å². The van der Waals surface area contributed by atoms with Crippen molar-refractivity contribution in [3.8, 4) is 23.0 Å². The molecule has 0 amide bonds. The van der Waals surface area contributed by atoms with Crippen LogP contribution in [0.4, 0.5) is 0 Å². The molecule has 0 saturated carbocycles. The monoisotopic (exact) mass is 710 g/mol. The van der Waals surface area contributed by atoms with Crippen molar-refractivity contribution in [2.45, 2.75) is 78.4 Å². The first-order chi connectivity index (χ1) is 25.2. The molecule has 0 fully saturated rings. The fourth-order valence-corrected chi connectivity index (χ4v) is 4.77. The minimum atomic E-state index is -0.777. The summed E-state index contributed by atoms with van der Waals surface area (Å²) in [6.07, 6.45) is 4.81. The lowest BCUT2D eigenvalue weighted by Gasteiger charge is -2.21. The molecule has 0 aliphatic rings. The van der Waals surface area contributed by atoms with E-state index >= 15 is 0 Å². The first-order valence-corrected chi connectivity index (χ1v) is 17.7. The molecule has 10 nitrogen and oxygen atoms in total. The number of hydrogen-bond acceptors (Lipinski definition) is 10. The molecule has 0 heterocycles. The van der Waals surface area contributed by atoms with Crippen molar-refractivity contribution in [2.75, 3.05) is 13.2 Å². The average molecular weight is 711 g/mol. The zero-order valence-corrected chi connectivity index (χ0v) is 30.1. The smallest absolute Gasteiger partial charge is 0.343 e. The molecule has 4 rings (SSSR count). The van der Waals surface area contributed by atoms with E-state index in [1.807, 2.05) is 0 Å². The molecule has 0 bridgehead atoms. The maximum absolute atomic E-state index is 12.8. The van der Waals surface area contributed by atoms with Crippen LogP contribution in [0.5, 0.6) is 23.0 Å². The van der Waals surface area contributed by atoms with Crippen molar-refractivity contribution in [3.63, 3.8) is 0 Å². The third-order valence-corrected chi connectivity index (χ3v) is 8.06. The highest BCUT2D eigenvalue weighted by atomic mass is 16.6. The molecule has 0 aromatic heterocycles. The second-order valence-corrected chi connectivity index (χ2v) is 12.2. The molecule has 0 saturated heterocycles. The SMILES string of the molecule is CCCCCOc1ccc(C(=O)Oc2ccc(C(=O)OC(C)C(C)OC(=O)c3ccc(OC(=O)c4ccc(OCCCCC)cc4)cc3)cc2)cc1. The van der Waals surface area contributed by atoms with E-state index in [-0.39, 0.29) is 22.6 Å². The van der Waals surface area contributed by atoms with Gasteiger partial charge in [0.25, 0.3) is 0 Å². The van der Waals surface area contributed by atoms with Crippen molar-refractivity contribution in [2.24, 2.45) is 0 Å². The second-order valence-electron chi connectivity index (χ2n) is 12.2. The Kier molecular flexibility index (Phi) is 15.3. The zero-order chi connectivity index (χ0) is 37.3. The summed E-state index contributed by atoms with van der Waals surface area (Å²) in [5.74, 6) is -0.472. The lowest BCUT2D eigenvalue weighted by Crippen LogP contribution is -2.30. The van der Waals surface area contributed by atoms with Gasteiger partial charge >= 0.3 is 23.9 Å². The number of carbonyl (C=O) groups excluding carboxylic acids is 4. The standard InChI is InChI=1S/C42H46O10/c1-5-7-9-27-47-35-19-11-33(12-20-35)41(45)51-37-23-15-31(16-24-37)39(43)49-29(3)30(4)50-40(44)32-17-25-38(26-18-32)52-42(46)34-13-21-36(22-14-34)48-28-10-8-6-2/h11-26,29-30H,5-10,27-28H2,1-4H3. The van der Waals surface area contributed by atoms with Gasteiger partial charge in [-0.2, -0.15) is 0 Å². The molecule has 10 heteroatoms. The highest BCUT2D eigenvalue weighted by molar-refractivity contribution is 5.93. The van der Waals surface area contributed by atoms with E-state index in [1.165, 1.54) is 48.5 Å². The maximum atomic E-state index is 12.8. The molecule has 0 N–H and O–H groups in total. The Morgan fingerprint density at radius 1 is 0.423 bits per heavy atom. The molecular formula is C42H46O10. The van der Waals surface area contributed by atoms with Crippen LogP contribution >= 0.6 is 0 Å². The first kappa shape index (κ1) is 39.2. The number of rotatable bonds is 19.